The molecular formula is C18H11ClN. The molecule has 1 aromatic heterocycles. The Morgan fingerprint density at radius 3 is 2.40 bits per heavy atom. The Bertz CT molecular complexity index is 907. The van der Waals surface area contributed by atoms with E-state index in [9.17, 15) is 0 Å². The molecule has 0 aliphatic carbocycles. The number of halogens is 1. The van der Waals surface area contributed by atoms with Crippen molar-refractivity contribution in [3.8, 4) is 5.69 Å². The summed E-state index contributed by atoms with van der Waals surface area (Å²) in [6.45, 7) is 0. The summed E-state index contributed by atoms with van der Waals surface area (Å²) in [6, 6.07) is 25.8. The summed E-state index contributed by atoms with van der Waals surface area (Å²) in [6.07, 6.45) is 0. The molecule has 95 valence electrons. The van der Waals surface area contributed by atoms with E-state index in [0.717, 1.165) is 11.2 Å². The highest BCUT2D eigenvalue weighted by Gasteiger charge is 2.11. The molecule has 2 heteroatoms. The minimum absolute atomic E-state index is 0.637. The Balaban J connectivity index is 2.23. The van der Waals surface area contributed by atoms with Crippen LogP contribution in [0.2, 0.25) is 5.02 Å². The number of rotatable bonds is 1. The maximum absolute atomic E-state index is 6.14. The van der Waals surface area contributed by atoms with E-state index in [2.05, 4.69) is 47.0 Å². The van der Waals surface area contributed by atoms with Gasteiger partial charge in [0.15, 0.2) is 0 Å². The summed E-state index contributed by atoms with van der Waals surface area (Å²) in [4.78, 5) is 0. The van der Waals surface area contributed by atoms with Crippen LogP contribution >= 0.6 is 11.6 Å². The zero-order chi connectivity index (χ0) is 13.5. The standard InChI is InChI=1S/C18H11ClN/c19-13-10-11-16-15-8-4-5-9-17(15)20(18(16)12-13)14-6-2-1-3-7-14/h1-9,11-12H. The first-order chi connectivity index (χ1) is 9.84. The van der Waals surface area contributed by atoms with Crippen LogP contribution in [0.15, 0.2) is 66.7 Å². The van der Waals surface area contributed by atoms with Gasteiger partial charge in [-0.25, -0.2) is 0 Å². The predicted octanol–water partition coefficient (Wildman–Crippen LogP) is 5.24. The first-order valence-corrected chi connectivity index (χ1v) is 6.88. The zero-order valence-electron chi connectivity index (χ0n) is 10.7. The Hall–Kier alpha value is -2.25. The molecule has 1 nitrogen and oxygen atoms in total. The summed E-state index contributed by atoms with van der Waals surface area (Å²) < 4.78 is 2.24. The van der Waals surface area contributed by atoms with Crippen molar-refractivity contribution in [1.82, 2.24) is 4.57 Å². The van der Waals surface area contributed by atoms with Gasteiger partial charge in [0.05, 0.1) is 16.1 Å². The van der Waals surface area contributed by atoms with E-state index in [1.54, 1.807) is 0 Å². The maximum atomic E-state index is 6.14. The molecule has 20 heavy (non-hydrogen) atoms. The number of nitrogens with zero attached hydrogens (tertiary/aromatic N) is 1. The van der Waals surface area contributed by atoms with Crippen LogP contribution in [-0.4, -0.2) is 4.57 Å². The lowest BCUT2D eigenvalue weighted by molar-refractivity contribution is 1.18. The quantitative estimate of drug-likeness (QED) is 0.448. The van der Waals surface area contributed by atoms with Gasteiger partial charge in [-0.05, 0) is 30.3 Å². The van der Waals surface area contributed by atoms with Gasteiger partial charge in [-0.1, -0.05) is 48.0 Å². The fourth-order valence-corrected chi connectivity index (χ4v) is 2.89. The third kappa shape index (κ3) is 1.64. The van der Waals surface area contributed by atoms with E-state index in [1.165, 1.54) is 16.3 Å². The largest absolute Gasteiger partial charge is 0.309 e. The second kappa shape index (κ2) is 4.39. The van der Waals surface area contributed by atoms with E-state index in [1.807, 2.05) is 30.3 Å². The molecule has 0 saturated heterocycles. The summed E-state index contributed by atoms with van der Waals surface area (Å²) in [7, 11) is 0. The van der Waals surface area contributed by atoms with Crippen molar-refractivity contribution >= 4 is 33.4 Å². The van der Waals surface area contributed by atoms with Gasteiger partial charge < -0.3 is 4.57 Å². The molecule has 0 saturated carbocycles. The molecule has 0 N–H and O–H groups in total. The molecule has 4 aromatic rings. The van der Waals surface area contributed by atoms with E-state index < -0.39 is 0 Å². The number of aromatic nitrogens is 1. The van der Waals surface area contributed by atoms with E-state index >= 15 is 0 Å². The molecule has 4 rings (SSSR count). The summed E-state index contributed by atoms with van der Waals surface area (Å²) >= 11 is 6.14. The fourth-order valence-electron chi connectivity index (χ4n) is 2.74. The second-order valence-corrected chi connectivity index (χ2v) is 5.18. The lowest BCUT2D eigenvalue weighted by atomic mass is 10.2. The zero-order valence-corrected chi connectivity index (χ0v) is 11.4. The Kier molecular flexibility index (Phi) is 2.54. The Labute approximate surface area is 122 Å². The molecule has 1 radical (unpaired) electrons. The molecule has 0 unspecified atom stereocenters. The van der Waals surface area contributed by atoms with Gasteiger partial charge in [0.2, 0.25) is 0 Å². The fraction of sp³-hybridized carbons (Fsp3) is 0. The first kappa shape index (κ1) is 11.6. The normalized spacial score (nSPS) is 11.2. The summed E-state index contributed by atoms with van der Waals surface area (Å²) in [5, 5.41) is 3.03. The molecule has 0 aliphatic rings. The predicted molar refractivity (Wildman–Crippen MR) is 84.6 cm³/mol. The SMILES string of the molecule is Clc1[c]cc2c3ccccc3n(-c3ccccc3)c2c1. The van der Waals surface area contributed by atoms with Gasteiger partial charge >= 0.3 is 0 Å². The number of hydrogen-bond donors (Lipinski definition) is 0. The number of benzene rings is 3. The molecule has 0 aliphatic heterocycles. The molecule has 0 bridgehead atoms. The minimum atomic E-state index is 0.637. The van der Waals surface area contributed by atoms with Crippen molar-refractivity contribution in [2.24, 2.45) is 0 Å². The molecule has 0 amide bonds. The number of hydrogen-bond acceptors (Lipinski definition) is 0. The van der Waals surface area contributed by atoms with Gasteiger partial charge in [-0.15, -0.1) is 0 Å². The molecule has 1 heterocycles. The van der Waals surface area contributed by atoms with Crippen molar-refractivity contribution in [2.45, 2.75) is 0 Å². The average Bonchev–Trinajstić information content (AvgIpc) is 2.81. The van der Waals surface area contributed by atoms with Gasteiger partial charge in [0, 0.05) is 22.5 Å². The molecular weight excluding hydrogens is 266 g/mol. The first-order valence-electron chi connectivity index (χ1n) is 6.50. The molecule has 0 spiro atoms. The third-order valence-electron chi connectivity index (χ3n) is 3.58. The molecule has 0 fully saturated rings. The third-order valence-corrected chi connectivity index (χ3v) is 3.80. The van der Waals surface area contributed by atoms with Gasteiger partial charge in [0.25, 0.3) is 0 Å². The molecule has 0 atom stereocenters. The van der Waals surface area contributed by atoms with Crippen LogP contribution in [0.1, 0.15) is 0 Å². The maximum Gasteiger partial charge on any atom is 0.0556 e. The number of fused-ring (bicyclic) bond motifs is 3. The van der Waals surface area contributed by atoms with Gasteiger partial charge in [-0.3, -0.25) is 0 Å². The smallest absolute Gasteiger partial charge is 0.0556 e. The monoisotopic (exact) mass is 276 g/mol. The number of para-hydroxylation sites is 2. The Morgan fingerprint density at radius 1 is 0.800 bits per heavy atom. The lowest BCUT2D eigenvalue weighted by Gasteiger charge is -2.07. The van der Waals surface area contributed by atoms with E-state index in [-0.39, 0.29) is 0 Å². The van der Waals surface area contributed by atoms with E-state index in [0.29, 0.717) is 5.02 Å². The highest BCUT2D eigenvalue weighted by atomic mass is 35.5. The van der Waals surface area contributed by atoms with Crippen LogP contribution in [0.3, 0.4) is 0 Å². The van der Waals surface area contributed by atoms with Crippen molar-refractivity contribution in [3.05, 3.63) is 77.8 Å². The van der Waals surface area contributed by atoms with Crippen LogP contribution in [0.4, 0.5) is 0 Å². The minimum Gasteiger partial charge on any atom is -0.309 e. The van der Waals surface area contributed by atoms with Crippen molar-refractivity contribution < 1.29 is 0 Å². The van der Waals surface area contributed by atoms with Crippen LogP contribution < -0.4 is 0 Å². The Morgan fingerprint density at radius 2 is 1.55 bits per heavy atom. The highest BCUT2D eigenvalue weighted by molar-refractivity contribution is 6.31. The van der Waals surface area contributed by atoms with Crippen molar-refractivity contribution in [3.63, 3.8) is 0 Å². The van der Waals surface area contributed by atoms with Crippen molar-refractivity contribution in [2.75, 3.05) is 0 Å². The summed E-state index contributed by atoms with van der Waals surface area (Å²) in [5.41, 5.74) is 3.44. The topological polar surface area (TPSA) is 4.93 Å². The molecule has 3 aromatic carbocycles. The van der Waals surface area contributed by atoms with Gasteiger partial charge in [-0.2, -0.15) is 0 Å². The van der Waals surface area contributed by atoms with Gasteiger partial charge in [0.1, 0.15) is 0 Å². The van der Waals surface area contributed by atoms with Crippen LogP contribution in [0.25, 0.3) is 27.5 Å². The van der Waals surface area contributed by atoms with Crippen LogP contribution in [-0.2, 0) is 0 Å². The second-order valence-electron chi connectivity index (χ2n) is 4.77. The van der Waals surface area contributed by atoms with Crippen LogP contribution in [0.5, 0.6) is 0 Å². The summed E-state index contributed by atoms with van der Waals surface area (Å²) in [5.74, 6) is 0. The lowest BCUT2D eigenvalue weighted by Crippen LogP contribution is -1.92. The average molecular weight is 277 g/mol. The van der Waals surface area contributed by atoms with Crippen LogP contribution in [0, 0.1) is 6.07 Å². The highest BCUT2D eigenvalue weighted by Crippen LogP contribution is 2.32. The van der Waals surface area contributed by atoms with E-state index in [4.69, 9.17) is 11.6 Å². The van der Waals surface area contributed by atoms with Crippen molar-refractivity contribution in [1.29, 1.82) is 0 Å².